The molecule has 1 heterocycles. The Morgan fingerprint density at radius 3 is 2.57 bits per heavy atom. The van der Waals surface area contributed by atoms with Crippen LogP contribution in [0, 0.1) is 0 Å². The lowest BCUT2D eigenvalue weighted by Crippen LogP contribution is -2.49. The predicted octanol–water partition coefficient (Wildman–Crippen LogP) is 4.18. The molecule has 2 nitrogen and oxygen atoms in total. The van der Waals surface area contributed by atoms with Crippen LogP contribution in [0.3, 0.4) is 0 Å². The Morgan fingerprint density at radius 2 is 1.95 bits per heavy atom. The fourth-order valence-corrected chi connectivity index (χ4v) is 4.56. The summed E-state index contributed by atoms with van der Waals surface area (Å²) in [5.41, 5.74) is 1.76. The first-order valence-corrected chi connectivity index (χ1v) is 8.84. The standard InChI is InChI=1S/C18H24N2S/c1-19-16(14-17-20-12-13-21-17)18(10-6-3-7-11-18)15-8-4-2-5-9-15/h2,4-5,8-9,12-13,16,19H,3,6-7,10-11,14H2,1H3. The zero-order valence-corrected chi connectivity index (χ0v) is 13.5. The van der Waals surface area contributed by atoms with E-state index in [1.165, 1.54) is 42.7 Å². The molecule has 2 aromatic rings. The number of hydrogen-bond acceptors (Lipinski definition) is 3. The van der Waals surface area contributed by atoms with Crippen LogP contribution in [0.1, 0.15) is 42.7 Å². The molecule has 112 valence electrons. The largest absolute Gasteiger partial charge is 0.316 e. The zero-order chi connectivity index (χ0) is 14.5. The third kappa shape index (κ3) is 3.04. The molecule has 0 radical (unpaired) electrons. The quantitative estimate of drug-likeness (QED) is 0.896. The maximum absolute atomic E-state index is 4.50. The van der Waals surface area contributed by atoms with E-state index in [-0.39, 0.29) is 5.41 Å². The van der Waals surface area contributed by atoms with Gasteiger partial charge in [-0.05, 0) is 25.5 Å². The van der Waals surface area contributed by atoms with E-state index in [2.05, 4.69) is 53.1 Å². The number of aromatic nitrogens is 1. The van der Waals surface area contributed by atoms with E-state index in [0.29, 0.717) is 6.04 Å². The molecule has 0 amide bonds. The minimum absolute atomic E-state index is 0.264. The summed E-state index contributed by atoms with van der Waals surface area (Å²) >= 11 is 1.77. The van der Waals surface area contributed by atoms with E-state index < -0.39 is 0 Å². The first-order valence-electron chi connectivity index (χ1n) is 7.96. The molecule has 3 heteroatoms. The number of thiazole rings is 1. The molecule has 0 bridgehead atoms. The number of rotatable bonds is 5. The number of benzene rings is 1. The smallest absolute Gasteiger partial charge is 0.0940 e. The van der Waals surface area contributed by atoms with Crippen molar-refractivity contribution in [3.63, 3.8) is 0 Å². The molecule has 1 N–H and O–H groups in total. The van der Waals surface area contributed by atoms with Gasteiger partial charge in [-0.3, -0.25) is 0 Å². The van der Waals surface area contributed by atoms with Gasteiger partial charge in [0.2, 0.25) is 0 Å². The number of likely N-dealkylation sites (N-methyl/N-ethyl adjacent to an activating group) is 1. The average Bonchev–Trinajstić information content (AvgIpc) is 3.07. The number of hydrogen-bond donors (Lipinski definition) is 1. The lowest BCUT2D eigenvalue weighted by atomic mass is 9.64. The Balaban J connectivity index is 1.93. The molecular formula is C18H24N2S. The molecule has 1 aliphatic carbocycles. The summed E-state index contributed by atoms with van der Waals surface area (Å²) in [6.07, 6.45) is 9.58. The van der Waals surface area contributed by atoms with Crippen molar-refractivity contribution < 1.29 is 0 Å². The maximum Gasteiger partial charge on any atom is 0.0940 e. The van der Waals surface area contributed by atoms with Crippen LogP contribution in [0.15, 0.2) is 41.9 Å². The van der Waals surface area contributed by atoms with Gasteiger partial charge in [0.25, 0.3) is 0 Å². The fraction of sp³-hybridized carbons (Fsp3) is 0.500. The third-order valence-electron chi connectivity index (χ3n) is 4.97. The third-order valence-corrected chi connectivity index (χ3v) is 5.77. The summed E-state index contributed by atoms with van der Waals surface area (Å²) in [4.78, 5) is 4.50. The maximum atomic E-state index is 4.50. The topological polar surface area (TPSA) is 24.9 Å². The van der Waals surface area contributed by atoms with Crippen molar-refractivity contribution in [2.45, 2.75) is 50.0 Å². The summed E-state index contributed by atoms with van der Waals surface area (Å²) in [7, 11) is 2.11. The van der Waals surface area contributed by atoms with E-state index in [0.717, 1.165) is 6.42 Å². The minimum Gasteiger partial charge on any atom is -0.316 e. The van der Waals surface area contributed by atoms with Crippen LogP contribution in [0.4, 0.5) is 0 Å². The van der Waals surface area contributed by atoms with Crippen LogP contribution < -0.4 is 5.32 Å². The average molecular weight is 300 g/mol. The second-order valence-electron chi connectivity index (χ2n) is 6.05. The summed E-state index contributed by atoms with van der Waals surface area (Å²) in [6.45, 7) is 0. The Morgan fingerprint density at radius 1 is 1.19 bits per heavy atom. The van der Waals surface area contributed by atoms with Crippen molar-refractivity contribution in [3.8, 4) is 0 Å². The van der Waals surface area contributed by atoms with E-state index >= 15 is 0 Å². The summed E-state index contributed by atoms with van der Waals surface area (Å²) < 4.78 is 0. The highest BCUT2D eigenvalue weighted by molar-refractivity contribution is 7.09. The van der Waals surface area contributed by atoms with E-state index in [1.807, 2.05) is 6.20 Å². The van der Waals surface area contributed by atoms with Crippen molar-refractivity contribution in [2.75, 3.05) is 7.05 Å². The lowest BCUT2D eigenvalue weighted by Gasteiger charge is -2.44. The minimum atomic E-state index is 0.264. The summed E-state index contributed by atoms with van der Waals surface area (Å²) in [6, 6.07) is 11.6. The second-order valence-corrected chi connectivity index (χ2v) is 7.03. The number of nitrogens with zero attached hydrogens (tertiary/aromatic N) is 1. The van der Waals surface area contributed by atoms with Gasteiger partial charge in [-0.1, -0.05) is 49.6 Å². The van der Waals surface area contributed by atoms with E-state index in [1.54, 1.807) is 11.3 Å². The first-order chi connectivity index (χ1) is 10.3. The molecule has 1 aliphatic rings. The molecule has 1 fully saturated rings. The molecule has 1 aromatic carbocycles. The van der Waals surface area contributed by atoms with Crippen LogP contribution in [0.2, 0.25) is 0 Å². The van der Waals surface area contributed by atoms with Crippen LogP contribution >= 0.6 is 11.3 Å². The normalized spacial score (nSPS) is 19.3. The zero-order valence-electron chi connectivity index (χ0n) is 12.7. The Kier molecular flexibility index (Phi) is 4.71. The molecule has 0 saturated heterocycles. The highest BCUT2D eigenvalue weighted by atomic mass is 32.1. The first kappa shape index (κ1) is 14.7. The van der Waals surface area contributed by atoms with Crippen molar-refractivity contribution >= 4 is 11.3 Å². The van der Waals surface area contributed by atoms with Crippen molar-refractivity contribution in [3.05, 3.63) is 52.5 Å². The molecule has 1 unspecified atom stereocenters. The van der Waals surface area contributed by atoms with Gasteiger partial charge < -0.3 is 5.32 Å². The molecular weight excluding hydrogens is 276 g/mol. The van der Waals surface area contributed by atoms with Gasteiger partial charge in [0.1, 0.15) is 0 Å². The molecule has 0 aliphatic heterocycles. The fourth-order valence-electron chi connectivity index (χ4n) is 3.89. The monoisotopic (exact) mass is 300 g/mol. The second kappa shape index (κ2) is 6.71. The summed E-state index contributed by atoms with van der Waals surface area (Å²) in [5, 5.41) is 6.94. The Labute approximate surface area is 131 Å². The molecule has 1 aromatic heterocycles. The van der Waals surface area contributed by atoms with Gasteiger partial charge in [0.15, 0.2) is 0 Å². The van der Waals surface area contributed by atoms with Gasteiger partial charge in [-0.15, -0.1) is 11.3 Å². The lowest BCUT2D eigenvalue weighted by molar-refractivity contribution is 0.218. The molecule has 3 rings (SSSR count). The van der Waals surface area contributed by atoms with E-state index in [4.69, 9.17) is 0 Å². The van der Waals surface area contributed by atoms with Crippen LogP contribution in [0.5, 0.6) is 0 Å². The van der Waals surface area contributed by atoms with Crippen LogP contribution in [0.25, 0.3) is 0 Å². The Hall–Kier alpha value is -1.19. The van der Waals surface area contributed by atoms with Gasteiger partial charge in [-0.2, -0.15) is 0 Å². The Bertz CT molecular complexity index is 530. The van der Waals surface area contributed by atoms with Crippen molar-refractivity contribution in [2.24, 2.45) is 0 Å². The van der Waals surface area contributed by atoms with Crippen molar-refractivity contribution in [1.29, 1.82) is 0 Å². The molecule has 1 saturated carbocycles. The molecule has 0 spiro atoms. The highest BCUT2D eigenvalue weighted by Crippen LogP contribution is 2.43. The van der Waals surface area contributed by atoms with Crippen molar-refractivity contribution in [1.82, 2.24) is 10.3 Å². The predicted molar refractivity (Wildman–Crippen MR) is 89.9 cm³/mol. The van der Waals surface area contributed by atoms with Gasteiger partial charge in [0, 0.05) is 29.5 Å². The highest BCUT2D eigenvalue weighted by Gasteiger charge is 2.40. The van der Waals surface area contributed by atoms with Crippen LogP contribution in [-0.2, 0) is 11.8 Å². The van der Waals surface area contributed by atoms with Crippen LogP contribution in [-0.4, -0.2) is 18.1 Å². The van der Waals surface area contributed by atoms with E-state index in [9.17, 15) is 0 Å². The number of nitrogens with one attached hydrogen (secondary N) is 1. The summed E-state index contributed by atoms with van der Waals surface area (Å²) in [5.74, 6) is 0. The van der Waals surface area contributed by atoms with Gasteiger partial charge in [-0.25, -0.2) is 4.98 Å². The molecule has 1 atom stereocenters. The molecule has 21 heavy (non-hydrogen) atoms. The van der Waals surface area contributed by atoms with Gasteiger partial charge >= 0.3 is 0 Å². The SMILES string of the molecule is CNC(Cc1nccs1)C1(c2ccccc2)CCCCC1. The van der Waals surface area contributed by atoms with Gasteiger partial charge in [0.05, 0.1) is 5.01 Å².